The molecule has 0 radical (unpaired) electrons. The van der Waals surface area contributed by atoms with Gasteiger partial charge in [0, 0.05) is 6.42 Å². The molecule has 2 unspecified atom stereocenters. The second-order valence-corrected chi connectivity index (χ2v) is 5.88. The molecule has 2 aliphatic heterocycles. The largest absolute Gasteiger partial charge is 0.325 e. The van der Waals surface area contributed by atoms with Crippen LogP contribution in [0.1, 0.15) is 77.6 Å². The lowest BCUT2D eigenvalue weighted by molar-refractivity contribution is -0.219. The molecule has 2 fully saturated rings. The van der Waals surface area contributed by atoms with Crippen molar-refractivity contribution < 1.29 is 14.2 Å². The first-order chi connectivity index (χ1) is 9.37. The van der Waals surface area contributed by atoms with Crippen molar-refractivity contribution in [2.24, 2.45) is 0 Å². The van der Waals surface area contributed by atoms with Crippen LogP contribution in [-0.2, 0) is 14.2 Å². The van der Waals surface area contributed by atoms with E-state index in [0.717, 1.165) is 26.1 Å². The van der Waals surface area contributed by atoms with E-state index in [2.05, 4.69) is 6.92 Å². The minimum atomic E-state index is -0.598. The summed E-state index contributed by atoms with van der Waals surface area (Å²) in [6.07, 6.45) is 14.8. The second kappa shape index (κ2) is 8.23. The van der Waals surface area contributed by atoms with Crippen LogP contribution in [0.4, 0.5) is 0 Å². The lowest BCUT2D eigenvalue weighted by atomic mass is 10.1. The van der Waals surface area contributed by atoms with Crippen LogP contribution in [0.15, 0.2) is 0 Å². The van der Waals surface area contributed by atoms with Crippen LogP contribution < -0.4 is 0 Å². The van der Waals surface area contributed by atoms with E-state index >= 15 is 0 Å². The number of rotatable bonds is 12. The van der Waals surface area contributed by atoms with Crippen molar-refractivity contribution in [1.29, 1.82) is 0 Å². The second-order valence-electron chi connectivity index (χ2n) is 5.88. The molecule has 0 aromatic heterocycles. The van der Waals surface area contributed by atoms with Crippen molar-refractivity contribution >= 4 is 0 Å². The number of ether oxygens (including phenoxy) is 3. The maximum atomic E-state index is 5.69. The molecular formula is C16H30O3. The first kappa shape index (κ1) is 15.3. The Hall–Kier alpha value is -0.120. The molecule has 0 aromatic rings. The van der Waals surface area contributed by atoms with Crippen LogP contribution in [0.5, 0.6) is 0 Å². The molecule has 2 rings (SSSR count). The molecule has 3 nitrogen and oxygen atoms in total. The third kappa shape index (κ3) is 5.05. The average Bonchev–Trinajstić information content (AvgIpc) is 2.97. The Bertz CT molecular complexity index is 244. The highest BCUT2D eigenvalue weighted by Gasteiger charge is 2.63. The van der Waals surface area contributed by atoms with Gasteiger partial charge in [-0.3, -0.25) is 0 Å². The van der Waals surface area contributed by atoms with Crippen molar-refractivity contribution in [2.75, 3.05) is 13.2 Å². The Morgan fingerprint density at radius 1 is 0.947 bits per heavy atom. The summed E-state index contributed by atoms with van der Waals surface area (Å²) in [4.78, 5) is 0. The number of hydrogen-bond acceptors (Lipinski definition) is 3. The van der Waals surface area contributed by atoms with Gasteiger partial charge in [-0.15, -0.1) is 0 Å². The van der Waals surface area contributed by atoms with E-state index in [0.29, 0.717) is 0 Å². The van der Waals surface area contributed by atoms with E-state index in [-0.39, 0.29) is 6.10 Å². The molecule has 3 heteroatoms. The molecule has 19 heavy (non-hydrogen) atoms. The van der Waals surface area contributed by atoms with Crippen molar-refractivity contribution in [1.82, 2.24) is 0 Å². The van der Waals surface area contributed by atoms with Gasteiger partial charge in [-0.2, -0.15) is 0 Å². The molecule has 0 N–H and O–H groups in total. The third-order valence-corrected chi connectivity index (χ3v) is 4.13. The minimum absolute atomic E-state index is 0.232. The lowest BCUT2D eigenvalue weighted by Gasteiger charge is -2.10. The summed E-state index contributed by atoms with van der Waals surface area (Å²) in [5.74, 6) is -0.598. The molecule has 0 spiro atoms. The summed E-state index contributed by atoms with van der Waals surface area (Å²) in [5.41, 5.74) is 0. The van der Waals surface area contributed by atoms with Crippen LogP contribution in [0.3, 0.4) is 0 Å². The van der Waals surface area contributed by atoms with E-state index in [9.17, 15) is 0 Å². The maximum absolute atomic E-state index is 5.69. The Balaban J connectivity index is 1.30. The zero-order chi connectivity index (χ0) is 13.4. The molecule has 2 heterocycles. The van der Waals surface area contributed by atoms with E-state index in [4.69, 9.17) is 14.2 Å². The summed E-state index contributed by atoms with van der Waals surface area (Å²) in [5, 5.41) is 0. The fraction of sp³-hybridized carbons (Fsp3) is 1.00. The smallest absolute Gasteiger partial charge is 0.311 e. The zero-order valence-electron chi connectivity index (χ0n) is 12.5. The minimum Gasteiger partial charge on any atom is -0.325 e. The van der Waals surface area contributed by atoms with E-state index in [1.807, 2.05) is 0 Å². The predicted octanol–water partition coefficient (Wildman–Crippen LogP) is 4.40. The molecule has 2 aliphatic rings. The number of unbranched alkanes of at least 4 members (excludes halogenated alkanes) is 9. The highest BCUT2D eigenvalue weighted by molar-refractivity contribution is 4.91. The van der Waals surface area contributed by atoms with E-state index < -0.39 is 5.97 Å². The van der Waals surface area contributed by atoms with Gasteiger partial charge >= 0.3 is 5.97 Å². The van der Waals surface area contributed by atoms with Crippen molar-refractivity contribution in [2.45, 2.75) is 89.6 Å². The first-order valence-electron chi connectivity index (χ1n) is 8.33. The van der Waals surface area contributed by atoms with E-state index in [1.165, 1.54) is 57.8 Å². The Morgan fingerprint density at radius 2 is 1.58 bits per heavy atom. The molecule has 0 aliphatic carbocycles. The van der Waals surface area contributed by atoms with Gasteiger partial charge in [0.15, 0.2) is 0 Å². The molecule has 0 saturated carbocycles. The summed E-state index contributed by atoms with van der Waals surface area (Å²) >= 11 is 0. The lowest BCUT2D eigenvalue weighted by Crippen LogP contribution is -2.19. The van der Waals surface area contributed by atoms with Gasteiger partial charge in [-0.1, -0.05) is 64.7 Å². The third-order valence-electron chi connectivity index (χ3n) is 4.13. The maximum Gasteiger partial charge on any atom is 0.311 e. The summed E-state index contributed by atoms with van der Waals surface area (Å²) in [6.45, 7) is 3.85. The molecule has 112 valence electrons. The zero-order valence-corrected chi connectivity index (χ0v) is 12.5. The normalized spacial score (nSPS) is 28.6. The molecule has 2 saturated heterocycles. The fourth-order valence-electron chi connectivity index (χ4n) is 2.81. The van der Waals surface area contributed by atoms with Crippen molar-refractivity contribution in [3.63, 3.8) is 0 Å². The molecular weight excluding hydrogens is 240 g/mol. The quantitative estimate of drug-likeness (QED) is 0.389. The van der Waals surface area contributed by atoms with Crippen LogP contribution in [-0.4, -0.2) is 25.3 Å². The van der Waals surface area contributed by atoms with Gasteiger partial charge in [0.05, 0.1) is 13.2 Å². The highest BCUT2D eigenvalue weighted by atomic mass is 17.0. The Labute approximate surface area is 118 Å². The summed E-state index contributed by atoms with van der Waals surface area (Å²) in [7, 11) is 0. The Morgan fingerprint density at radius 3 is 2.11 bits per heavy atom. The van der Waals surface area contributed by atoms with E-state index in [1.54, 1.807) is 0 Å². The van der Waals surface area contributed by atoms with Gasteiger partial charge in [-0.25, -0.2) is 0 Å². The monoisotopic (exact) mass is 270 g/mol. The van der Waals surface area contributed by atoms with Gasteiger partial charge < -0.3 is 14.2 Å². The number of hydrogen-bond donors (Lipinski definition) is 0. The molecule has 2 atom stereocenters. The van der Waals surface area contributed by atoms with Crippen LogP contribution in [0.2, 0.25) is 0 Å². The highest BCUT2D eigenvalue weighted by Crippen LogP contribution is 2.46. The predicted molar refractivity (Wildman–Crippen MR) is 76.0 cm³/mol. The molecule has 0 bridgehead atoms. The van der Waals surface area contributed by atoms with Crippen molar-refractivity contribution in [3.05, 3.63) is 0 Å². The fourth-order valence-corrected chi connectivity index (χ4v) is 2.81. The van der Waals surface area contributed by atoms with Gasteiger partial charge in [0.2, 0.25) is 0 Å². The van der Waals surface area contributed by atoms with Gasteiger partial charge in [-0.05, 0) is 6.42 Å². The van der Waals surface area contributed by atoms with Crippen molar-refractivity contribution in [3.8, 4) is 0 Å². The summed E-state index contributed by atoms with van der Waals surface area (Å²) < 4.78 is 16.5. The topological polar surface area (TPSA) is 31.0 Å². The number of epoxide rings is 1. The summed E-state index contributed by atoms with van der Waals surface area (Å²) in [6, 6.07) is 0. The Kier molecular flexibility index (Phi) is 6.62. The van der Waals surface area contributed by atoms with Crippen LogP contribution in [0.25, 0.3) is 0 Å². The van der Waals surface area contributed by atoms with Crippen LogP contribution >= 0.6 is 0 Å². The number of fused-ring (bicyclic) bond motifs is 1. The van der Waals surface area contributed by atoms with Gasteiger partial charge in [0.1, 0.15) is 6.10 Å². The van der Waals surface area contributed by atoms with Crippen LogP contribution in [0, 0.1) is 0 Å². The standard InChI is InChI=1S/C16H30O3/c1-2-3-4-5-6-7-8-9-10-11-13-17-16-15(19-16)12-14-18-16/h15H,2-14H2,1H3. The average molecular weight is 270 g/mol. The first-order valence-corrected chi connectivity index (χ1v) is 8.33. The van der Waals surface area contributed by atoms with Gasteiger partial charge in [0.25, 0.3) is 0 Å². The molecule has 0 aromatic carbocycles. The molecule has 0 amide bonds. The SMILES string of the molecule is CCCCCCCCCCCCOC12OCCC1O2.